The molecule has 1 rings (SSSR count). The van der Waals surface area contributed by atoms with E-state index >= 15 is 0 Å². The summed E-state index contributed by atoms with van der Waals surface area (Å²) in [5.74, 6) is 1.72. The lowest BCUT2D eigenvalue weighted by Gasteiger charge is -2.27. The summed E-state index contributed by atoms with van der Waals surface area (Å²) in [6, 6.07) is 2.65. The third-order valence-electron chi connectivity index (χ3n) is 3.25. The molecule has 0 saturated carbocycles. The summed E-state index contributed by atoms with van der Waals surface area (Å²) in [6.07, 6.45) is 1.77. The molecule has 0 aromatic carbocycles. The van der Waals surface area contributed by atoms with E-state index in [1.807, 2.05) is 7.05 Å². The Hall–Kier alpha value is -0.800. The summed E-state index contributed by atoms with van der Waals surface area (Å²) in [7, 11) is 4.10. The maximum Gasteiger partial charge on any atom is 0.122 e. The summed E-state index contributed by atoms with van der Waals surface area (Å²) in [5.41, 5.74) is 1.28. The maximum absolute atomic E-state index is 5.46. The number of nitrogens with zero attached hydrogens (tertiary/aromatic N) is 1. The highest BCUT2D eigenvalue weighted by Crippen LogP contribution is 2.16. The lowest BCUT2D eigenvalue weighted by Crippen LogP contribution is -2.32. The molecule has 0 bridgehead atoms. The highest BCUT2D eigenvalue weighted by molar-refractivity contribution is 5.16. The van der Waals surface area contributed by atoms with Gasteiger partial charge in [-0.05, 0) is 33.0 Å². The van der Waals surface area contributed by atoms with Crippen LogP contribution in [0.3, 0.4) is 0 Å². The molecule has 0 fully saturated rings. The van der Waals surface area contributed by atoms with Gasteiger partial charge in [-0.15, -0.1) is 0 Å². The number of rotatable bonds is 6. The highest BCUT2D eigenvalue weighted by Gasteiger charge is 2.15. The van der Waals surface area contributed by atoms with Crippen LogP contribution >= 0.6 is 0 Å². The molecule has 1 atom stereocenters. The molecule has 1 heterocycles. The molecule has 3 nitrogen and oxygen atoms in total. The summed E-state index contributed by atoms with van der Waals surface area (Å²) in [4.78, 5) is 2.37. The zero-order valence-electron chi connectivity index (χ0n) is 11.1. The summed E-state index contributed by atoms with van der Waals surface area (Å²) < 4.78 is 5.46. The van der Waals surface area contributed by atoms with Gasteiger partial charge in [-0.3, -0.25) is 4.90 Å². The molecule has 1 aromatic heterocycles. The molecule has 0 radical (unpaired) electrons. The summed E-state index contributed by atoms with van der Waals surface area (Å²) in [5, 5.41) is 3.12. The molecule has 0 aliphatic heterocycles. The fourth-order valence-electron chi connectivity index (χ4n) is 1.75. The van der Waals surface area contributed by atoms with Crippen molar-refractivity contribution in [2.24, 2.45) is 5.92 Å². The second kappa shape index (κ2) is 6.06. The van der Waals surface area contributed by atoms with Crippen LogP contribution in [0.25, 0.3) is 0 Å². The Labute approximate surface area is 98.8 Å². The standard InChI is InChI=1S/C13H24N2O/c1-10(2)11(3)15(5)9-12-6-7-16-13(12)8-14-4/h6-7,10-11,14H,8-9H2,1-5H3. The van der Waals surface area contributed by atoms with Gasteiger partial charge in [-0.1, -0.05) is 13.8 Å². The van der Waals surface area contributed by atoms with Crippen molar-refractivity contribution in [1.82, 2.24) is 10.2 Å². The number of hydrogen-bond donors (Lipinski definition) is 1. The lowest BCUT2D eigenvalue weighted by molar-refractivity contribution is 0.199. The zero-order valence-corrected chi connectivity index (χ0v) is 11.1. The molecule has 1 N–H and O–H groups in total. The molecule has 0 aliphatic rings. The SMILES string of the molecule is CNCc1occc1CN(C)C(C)C(C)C. The quantitative estimate of drug-likeness (QED) is 0.804. The van der Waals surface area contributed by atoms with E-state index in [-0.39, 0.29) is 0 Å². The fraction of sp³-hybridized carbons (Fsp3) is 0.692. The largest absolute Gasteiger partial charge is 0.468 e. The van der Waals surface area contributed by atoms with Crippen LogP contribution in [-0.2, 0) is 13.1 Å². The van der Waals surface area contributed by atoms with Crippen molar-refractivity contribution in [2.45, 2.75) is 39.9 Å². The van der Waals surface area contributed by atoms with Gasteiger partial charge in [0, 0.05) is 18.2 Å². The zero-order chi connectivity index (χ0) is 12.1. The van der Waals surface area contributed by atoms with Gasteiger partial charge in [0.05, 0.1) is 12.8 Å². The topological polar surface area (TPSA) is 28.4 Å². The molecular weight excluding hydrogens is 200 g/mol. The first-order valence-electron chi connectivity index (χ1n) is 5.96. The highest BCUT2D eigenvalue weighted by atomic mass is 16.3. The second-order valence-corrected chi connectivity index (χ2v) is 4.80. The van der Waals surface area contributed by atoms with E-state index in [4.69, 9.17) is 4.42 Å². The van der Waals surface area contributed by atoms with Crippen LogP contribution in [0.4, 0.5) is 0 Å². The van der Waals surface area contributed by atoms with E-state index in [2.05, 4.69) is 44.1 Å². The first-order chi connectivity index (χ1) is 7.56. The van der Waals surface area contributed by atoms with Crippen LogP contribution in [0.1, 0.15) is 32.1 Å². The molecular formula is C13H24N2O. The van der Waals surface area contributed by atoms with Crippen LogP contribution in [0, 0.1) is 5.92 Å². The van der Waals surface area contributed by atoms with Crippen LogP contribution < -0.4 is 5.32 Å². The molecule has 0 saturated heterocycles. The van der Waals surface area contributed by atoms with Gasteiger partial charge in [0.15, 0.2) is 0 Å². The molecule has 16 heavy (non-hydrogen) atoms. The predicted molar refractivity (Wildman–Crippen MR) is 67.2 cm³/mol. The first-order valence-corrected chi connectivity index (χ1v) is 5.96. The lowest BCUT2D eigenvalue weighted by atomic mass is 10.0. The van der Waals surface area contributed by atoms with E-state index in [1.165, 1.54) is 5.56 Å². The van der Waals surface area contributed by atoms with Crippen molar-refractivity contribution in [3.63, 3.8) is 0 Å². The Morgan fingerprint density at radius 1 is 1.38 bits per heavy atom. The molecule has 0 amide bonds. The van der Waals surface area contributed by atoms with Crippen molar-refractivity contribution in [2.75, 3.05) is 14.1 Å². The normalized spacial score (nSPS) is 13.7. The van der Waals surface area contributed by atoms with Crippen molar-refractivity contribution in [3.8, 4) is 0 Å². The third kappa shape index (κ3) is 3.35. The molecule has 3 heteroatoms. The third-order valence-corrected chi connectivity index (χ3v) is 3.25. The Balaban J connectivity index is 2.61. The Kier molecular flexibility index (Phi) is 5.03. The molecule has 0 aliphatic carbocycles. The number of furan rings is 1. The predicted octanol–water partition coefficient (Wildman–Crippen LogP) is 2.48. The van der Waals surface area contributed by atoms with E-state index in [0.29, 0.717) is 12.0 Å². The van der Waals surface area contributed by atoms with Gasteiger partial charge in [-0.25, -0.2) is 0 Å². The minimum absolute atomic E-state index is 0.581. The van der Waals surface area contributed by atoms with Gasteiger partial charge in [0.1, 0.15) is 5.76 Å². The first kappa shape index (κ1) is 13.3. The van der Waals surface area contributed by atoms with Crippen molar-refractivity contribution < 1.29 is 4.42 Å². The Morgan fingerprint density at radius 3 is 2.62 bits per heavy atom. The molecule has 0 spiro atoms. The Bertz CT molecular complexity index is 307. The van der Waals surface area contributed by atoms with Crippen molar-refractivity contribution in [1.29, 1.82) is 0 Å². The minimum atomic E-state index is 0.581. The van der Waals surface area contributed by atoms with Gasteiger partial charge < -0.3 is 9.73 Å². The smallest absolute Gasteiger partial charge is 0.122 e. The molecule has 1 aromatic rings. The maximum atomic E-state index is 5.46. The second-order valence-electron chi connectivity index (χ2n) is 4.80. The van der Waals surface area contributed by atoms with Gasteiger partial charge in [0.2, 0.25) is 0 Å². The van der Waals surface area contributed by atoms with Gasteiger partial charge in [-0.2, -0.15) is 0 Å². The monoisotopic (exact) mass is 224 g/mol. The summed E-state index contributed by atoms with van der Waals surface area (Å²) in [6.45, 7) is 8.53. The molecule has 1 unspecified atom stereocenters. The van der Waals surface area contributed by atoms with Crippen LogP contribution in [0.5, 0.6) is 0 Å². The van der Waals surface area contributed by atoms with Crippen molar-refractivity contribution in [3.05, 3.63) is 23.7 Å². The van der Waals surface area contributed by atoms with Crippen LogP contribution in [0.2, 0.25) is 0 Å². The van der Waals surface area contributed by atoms with E-state index in [0.717, 1.165) is 18.8 Å². The number of nitrogens with one attached hydrogen (secondary N) is 1. The fourth-order valence-corrected chi connectivity index (χ4v) is 1.75. The van der Waals surface area contributed by atoms with Crippen LogP contribution in [-0.4, -0.2) is 25.0 Å². The number of hydrogen-bond acceptors (Lipinski definition) is 3. The Morgan fingerprint density at radius 2 is 2.06 bits per heavy atom. The van der Waals surface area contributed by atoms with Crippen LogP contribution in [0.15, 0.2) is 16.7 Å². The minimum Gasteiger partial charge on any atom is -0.468 e. The van der Waals surface area contributed by atoms with E-state index in [9.17, 15) is 0 Å². The van der Waals surface area contributed by atoms with E-state index in [1.54, 1.807) is 6.26 Å². The van der Waals surface area contributed by atoms with Gasteiger partial charge >= 0.3 is 0 Å². The summed E-state index contributed by atoms with van der Waals surface area (Å²) >= 11 is 0. The van der Waals surface area contributed by atoms with Gasteiger partial charge in [0.25, 0.3) is 0 Å². The molecule has 92 valence electrons. The van der Waals surface area contributed by atoms with E-state index < -0.39 is 0 Å². The van der Waals surface area contributed by atoms with Crippen molar-refractivity contribution >= 4 is 0 Å². The average molecular weight is 224 g/mol. The average Bonchev–Trinajstić information content (AvgIpc) is 2.65.